The Hall–Kier alpha value is -2.40. The smallest absolute Gasteiger partial charge is 0.340 e. The maximum Gasteiger partial charge on any atom is 0.416 e. The number of nitrogens with zero attached hydrogens (tertiary/aromatic N) is 5. The average molecular weight is 453 g/mol. The van der Waals surface area contributed by atoms with Gasteiger partial charge in [-0.05, 0) is 17.7 Å². The van der Waals surface area contributed by atoms with Crippen molar-refractivity contribution in [2.45, 2.75) is 42.9 Å². The number of rotatable bonds is 4. The molecule has 1 saturated heterocycles. The normalized spacial score (nSPS) is 20.7. The molecule has 0 N–H and O–H groups in total. The monoisotopic (exact) mass is 453 g/mol. The SMILES string of the molecule is CCc1nc2n(n1)C(=O)C(C(c1ccc(C(F)(F)F)cc1)N1CCN(C(C)=O)CC1)S2. The predicted molar refractivity (Wildman–Crippen MR) is 108 cm³/mol. The topological polar surface area (TPSA) is 71.3 Å². The number of amides is 1. The molecule has 0 aliphatic carbocycles. The van der Waals surface area contributed by atoms with Gasteiger partial charge in [0.1, 0.15) is 5.25 Å². The van der Waals surface area contributed by atoms with Crippen molar-refractivity contribution < 1.29 is 22.8 Å². The first kappa shape index (κ1) is 21.8. The van der Waals surface area contributed by atoms with Gasteiger partial charge in [-0.1, -0.05) is 30.8 Å². The summed E-state index contributed by atoms with van der Waals surface area (Å²) in [6.07, 6.45) is -3.82. The molecule has 3 heterocycles. The minimum atomic E-state index is -4.43. The number of aromatic nitrogens is 3. The van der Waals surface area contributed by atoms with Crippen LogP contribution >= 0.6 is 11.8 Å². The first-order chi connectivity index (χ1) is 14.7. The summed E-state index contributed by atoms with van der Waals surface area (Å²) in [6, 6.07) is 4.51. The lowest BCUT2D eigenvalue weighted by Crippen LogP contribution is -2.51. The standard InChI is InChI=1S/C20H22F3N5O2S/c1-3-15-24-19-28(25-15)18(30)17(31-19)16(27-10-8-26(9-11-27)12(2)29)13-4-6-14(7-5-13)20(21,22)23/h4-7,16-17H,3,8-11H2,1-2H3. The third kappa shape index (κ3) is 4.20. The van der Waals surface area contributed by atoms with Gasteiger partial charge >= 0.3 is 6.18 Å². The van der Waals surface area contributed by atoms with Crippen LogP contribution in [0.1, 0.15) is 41.6 Å². The van der Waals surface area contributed by atoms with Crippen LogP contribution in [-0.4, -0.2) is 67.8 Å². The Morgan fingerprint density at radius 1 is 1.19 bits per heavy atom. The van der Waals surface area contributed by atoms with Crippen molar-refractivity contribution >= 4 is 23.6 Å². The fourth-order valence-corrected chi connectivity index (χ4v) is 5.23. The molecular formula is C20H22F3N5O2S. The highest BCUT2D eigenvalue weighted by atomic mass is 32.2. The third-order valence-corrected chi connectivity index (χ3v) is 6.83. The molecule has 0 bridgehead atoms. The predicted octanol–water partition coefficient (Wildman–Crippen LogP) is 2.88. The van der Waals surface area contributed by atoms with Gasteiger partial charge in [-0.2, -0.15) is 17.9 Å². The number of thioether (sulfide) groups is 1. The molecule has 2 atom stereocenters. The Bertz CT molecular complexity index is 984. The van der Waals surface area contributed by atoms with Crippen LogP contribution in [0, 0.1) is 0 Å². The summed E-state index contributed by atoms with van der Waals surface area (Å²) in [5.74, 6) is 0.329. The number of carbonyl (C=O) groups is 2. The van der Waals surface area contributed by atoms with Crippen LogP contribution in [0.25, 0.3) is 0 Å². The minimum absolute atomic E-state index is 0.0199. The second kappa shape index (κ2) is 8.27. The van der Waals surface area contributed by atoms with E-state index in [1.165, 1.54) is 35.5 Å². The van der Waals surface area contributed by atoms with Gasteiger partial charge in [0.15, 0.2) is 11.0 Å². The molecule has 2 unspecified atom stereocenters. The van der Waals surface area contributed by atoms with Crippen LogP contribution in [-0.2, 0) is 17.4 Å². The van der Waals surface area contributed by atoms with Gasteiger partial charge in [0.25, 0.3) is 5.91 Å². The number of carbonyl (C=O) groups excluding carboxylic acids is 2. The fraction of sp³-hybridized carbons (Fsp3) is 0.500. The first-order valence-electron chi connectivity index (χ1n) is 10.0. The number of piperazine rings is 1. The lowest BCUT2D eigenvalue weighted by atomic mass is 9.98. The number of alkyl halides is 3. The summed E-state index contributed by atoms with van der Waals surface area (Å²) >= 11 is 1.29. The largest absolute Gasteiger partial charge is 0.416 e. The van der Waals surface area contributed by atoms with E-state index in [4.69, 9.17) is 0 Å². The molecule has 1 amide bonds. The second-order valence-electron chi connectivity index (χ2n) is 7.56. The van der Waals surface area contributed by atoms with Crippen molar-refractivity contribution in [3.8, 4) is 0 Å². The van der Waals surface area contributed by atoms with E-state index in [0.717, 1.165) is 12.1 Å². The molecule has 11 heteroatoms. The molecule has 0 spiro atoms. The summed E-state index contributed by atoms with van der Waals surface area (Å²) in [6.45, 7) is 5.45. The molecule has 2 aromatic rings. The van der Waals surface area contributed by atoms with Gasteiger partial charge in [-0.15, -0.1) is 5.10 Å². The van der Waals surface area contributed by atoms with Gasteiger partial charge in [-0.25, -0.2) is 4.98 Å². The number of aryl methyl sites for hydroxylation is 1. The lowest BCUT2D eigenvalue weighted by Gasteiger charge is -2.40. The molecular weight excluding hydrogens is 431 g/mol. The van der Waals surface area contributed by atoms with Crippen molar-refractivity contribution in [1.29, 1.82) is 0 Å². The summed E-state index contributed by atoms with van der Waals surface area (Å²) in [4.78, 5) is 33.0. The van der Waals surface area contributed by atoms with E-state index in [-0.39, 0.29) is 11.8 Å². The van der Waals surface area contributed by atoms with Crippen LogP contribution in [0.3, 0.4) is 0 Å². The van der Waals surface area contributed by atoms with E-state index in [1.807, 2.05) is 6.92 Å². The molecule has 166 valence electrons. The van der Waals surface area contributed by atoms with Crippen molar-refractivity contribution in [1.82, 2.24) is 24.6 Å². The molecule has 2 aliphatic heterocycles. The van der Waals surface area contributed by atoms with Crippen molar-refractivity contribution in [3.05, 3.63) is 41.2 Å². The maximum absolute atomic E-state index is 13.2. The van der Waals surface area contributed by atoms with Crippen molar-refractivity contribution in [3.63, 3.8) is 0 Å². The van der Waals surface area contributed by atoms with Crippen molar-refractivity contribution in [2.75, 3.05) is 26.2 Å². The number of hydrogen-bond donors (Lipinski definition) is 0. The quantitative estimate of drug-likeness (QED) is 0.709. The minimum Gasteiger partial charge on any atom is -0.340 e. The number of fused-ring (bicyclic) bond motifs is 1. The Kier molecular flexibility index (Phi) is 5.82. The summed E-state index contributed by atoms with van der Waals surface area (Å²) < 4.78 is 40.4. The zero-order valence-corrected chi connectivity index (χ0v) is 17.9. The molecule has 2 aliphatic rings. The Labute approximate surface area is 181 Å². The van der Waals surface area contributed by atoms with Gasteiger partial charge in [0.05, 0.1) is 11.6 Å². The fourth-order valence-electron chi connectivity index (χ4n) is 3.95. The second-order valence-corrected chi connectivity index (χ2v) is 8.67. The molecule has 4 rings (SSSR count). The Morgan fingerprint density at radius 3 is 2.35 bits per heavy atom. The van der Waals surface area contributed by atoms with E-state index in [9.17, 15) is 22.8 Å². The van der Waals surface area contributed by atoms with Gasteiger partial charge < -0.3 is 4.90 Å². The molecule has 0 saturated carbocycles. The van der Waals surface area contributed by atoms with Crippen LogP contribution in [0.5, 0.6) is 0 Å². The molecule has 1 aromatic carbocycles. The lowest BCUT2D eigenvalue weighted by molar-refractivity contribution is -0.137. The van der Waals surface area contributed by atoms with Crippen LogP contribution in [0.4, 0.5) is 13.2 Å². The van der Waals surface area contributed by atoms with Crippen molar-refractivity contribution in [2.24, 2.45) is 0 Å². The summed E-state index contributed by atoms with van der Waals surface area (Å²) in [5, 5.41) is 4.18. The number of hydrogen-bond acceptors (Lipinski definition) is 6. The van der Waals surface area contributed by atoms with Crippen LogP contribution < -0.4 is 0 Å². The number of halogens is 3. The first-order valence-corrected chi connectivity index (χ1v) is 10.9. The maximum atomic E-state index is 13.2. The highest BCUT2D eigenvalue weighted by Gasteiger charge is 2.44. The van der Waals surface area contributed by atoms with E-state index < -0.39 is 23.0 Å². The highest BCUT2D eigenvalue weighted by Crippen LogP contribution is 2.42. The number of benzene rings is 1. The highest BCUT2D eigenvalue weighted by molar-refractivity contribution is 8.00. The van der Waals surface area contributed by atoms with E-state index in [2.05, 4.69) is 15.0 Å². The average Bonchev–Trinajstić information content (AvgIpc) is 3.28. The van der Waals surface area contributed by atoms with Crippen LogP contribution in [0.2, 0.25) is 0 Å². The third-order valence-electron chi connectivity index (χ3n) is 5.64. The molecule has 0 radical (unpaired) electrons. The molecule has 31 heavy (non-hydrogen) atoms. The Balaban J connectivity index is 1.64. The van der Waals surface area contributed by atoms with E-state index in [1.54, 1.807) is 4.90 Å². The molecule has 1 aromatic heterocycles. The van der Waals surface area contributed by atoms with E-state index in [0.29, 0.717) is 49.1 Å². The summed E-state index contributed by atoms with van der Waals surface area (Å²) in [7, 11) is 0. The molecule has 1 fully saturated rings. The van der Waals surface area contributed by atoms with Crippen LogP contribution in [0.15, 0.2) is 29.4 Å². The van der Waals surface area contributed by atoms with Gasteiger partial charge in [0.2, 0.25) is 5.91 Å². The van der Waals surface area contributed by atoms with Gasteiger partial charge in [0, 0.05) is 39.5 Å². The summed E-state index contributed by atoms with van der Waals surface area (Å²) in [5.41, 5.74) is -0.111. The van der Waals surface area contributed by atoms with Gasteiger partial charge in [-0.3, -0.25) is 14.5 Å². The Morgan fingerprint density at radius 2 is 1.84 bits per heavy atom. The molecule has 7 nitrogen and oxygen atoms in total. The zero-order valence-electron chi connectivity index (χ0n) is 17.1. The van der Waals surface area contributed by atoms with E-state index >= 15 is 0 Å². The zero-order chi connectivity index (χ0) is 22.3.